The lowest BCUT2D eigenvalue weighted by Gasteiger charge is -2.25. The van der Waals surface area contributed by atoms with E-state index < -0.39 is 0 Å². The molecule has 2 aromatic carbocycles. The SMILES string of the molecule is CCc1ccc(C(CNC(=O)CCc2nc(-c3ccc(OC)cc3)no2)N(C)C)cc1. The van der Waals surface area contributed by atoms with Gasteiger partial charge in [-0.3, -0.25) is 4.79 Å². The first kappa shape index (κ1) is 22.5. The third-order valence-corrected chi connectivity index (χ3v) is 5.27. The Balaban J connectivity index is 1.51. The monoisotopic (exact) mass is 422 g/mol. The smallest absolute Gasteiger partial charge is 0.227 e. The molecule has 7 nitrogen and oxygen atoms in total. The van der Waals surface area contributed by atoms with E-state index in [4.69, 9.17) is 9.26 Å². The van der Waals surface area contributed by atoms with Gasteiger partial charge in [-0.2, -0.15) is 4.98 Å². The Labute approximate surface area is 183 Å². The molecule has 1 heterocycles. The molecule has 0 aliphatic heterocycles. The summed E-state index contributed by atoms with van der Waals surface area (Å²) in [5.41, 5.74) is 3.32. The van der Waals surface area contributed by atoms with E-state index in [1.165, 1.54) is 11.1 Å². The average Bonchev–Trinajstić information content (AvgIpc) is 3.27. The number of hydrogen-bond acceptors (Lipinski definition) is 6. The van der Waals surface area contributed by atoms with Crippen LogP contribution < -0.4 is 10.1 Å². The number of rotatable bonds is 10. The predicted octanol–water partition coefficient (Wildman–Crippen LogP) is 3.66. The zero-order valence-electron chi connectivity index (χ0n) is 18.6. The highest BCUT2D eigenvalue weighted by atomic mass is 16.5. The van der Waals surface area contributed by atoms with Gasteiger partial charge in [-0.05, 0) is 55.9 Å². The topological polar surface area (TPSA) is 80.5 Å². The maximum atomic E-state index is 12.4. The molecule has 0 saturated carbocycles. The number of ether oxygens (including phenoxy) is 1. The summed E-state index contributed by atoms with van der Waals surface area (Å²) in [6.45, 7) is 2.68. The zero-order chi connectivity index (χ0) is 22.2. The highest BCUT2D eigenvalue weighted by Crippen LogP contribution is 2.20. The molecule has 164 valence electrons. The van der Waals surface area contributed by atoms with E-state index in [9.17, 15) is 4.79 Å². The fourth-order valence-electron chi connectivity index (χ4n) is 3.31. The lowest BCUT2D eigenvalue weighted by Crippen LogP contribution is -2.34. The maximum Gasteiger partial charge on any atom is 0.227 e. The van der Waals surface area contributed by atoms with Crippen LogP contribution in [0.1, 0.15) is 36.4 Å². The molecule has 0 aliphatic carbocycles. The molecule has 3 aromatic rings. The Morgan fingerprint density at radius 3 is 2.45 bits per heavy atom. The van der Waals surface area contributed by atoms with Crippen LogP contribution in [0.3, 0.4) is 0 Å². The number of hydrogen-bond donors (Lipinski definition) is 1. The van der Waals surface area contributed by atoms with E-state index in [1.807, 2.05) is 38.4 Å². The van der Waals surface area contributed by atoms with Crippen molar-refractivity contribution in [1.29, 1.82) is 0 Å². The van der Waals surface area contributed by atoms with Gasteiger partial charge in [-0.1, -0.05) is 36.3 Å². The van der Waals surface area contributed by atoms with Crippen LogP contribution >= 0.6 is 0 Å². The first-order chi connectivity index (χ1) is 15.0. The van der Waals surface area contributed by atoms with E-state index in [0.29, 0.717) is 31.1 Å². The van der Waals surface area contributed by atoms with Gasteiger partial charge in [-0.25, -0.2) is 0 Å². The number of aromatic nitrogens is 2. The Kier molecular flexibility index (Phi) is 7.78. The molecule has 1 aromatic heterocycles. The van der Waals surface area contributed by atoms with E-state index in [-0.39, 0.29) is 11.9 Å². The van der Waals surface area contributed by atoms with Crippen LogP contribution in [-0.2, 0) is 17.6 Å². The van der Waals surface area contributed by atoms with Gasteiger partial charge in [-0.15, -0.1) is 0 Å². The lowest BCUT2D eigenvalue weighted by molar-refractivity contribution is -0.121. The van der Waals surface area contributed by atoms with Gasteiger partial charge in [0.05, 0.1) is 13.2 Å². The van der Waals surface area contributed by atoms with Gasteiger partial charge in [0.15, 0.2) is 0 Å². The summed E-state index contributed by atoms with van der Waals surface area (Å²) >= 11 is 0. The molecule has 0 radical (unpaired) electrons. The second kappa shape index (κ2) is 10.7. The van der Waals surface area contributed by atoms with E-state index in [2.05, 4.69) is 51.5 Å². The Morgan fingerprint density at radius 2 is 1.84 bits per heavy atom. The summed E-state index contributed by atoms with van der Waals surface area (Å²) in [4.78, 5) is 18.9. The van der Waals surface area contributed by atoms with Gasteiger partial charge in [0.2, 0.25) is 17.6 Å². The van der Waals surface area contributed by atoms with Crippen LogP contribution in [-0.4, -0.2) is 48.7 Å². The average molecular weight is 423 g/mol. The first-order valence-corrected chi connectivity index (χ1v) is 10.5. The predicted molar refractivity (Wildman–Crippen MR) is 120 cm³/mol. The second-order valence-corrected chi connectivity index (χ2v) is 7.62. The maximum absolute atomic E-state index is 12.4. The van der Waals surface area contributed by atoms with Crippen molar-refractivity contribution in [3.05, 3.63) is 65.5 Å². The van der Waals surface area contributed by atoms with Crippen molar-refractivity contribution in [2.24, 2.45) is 0 Å². The second-order valence-electron chi connectivity index (χ2n) is 7.62. The summed E-state index contributed by atoms with van der Waals surface area (Å²) in [6, 6.07) is 16.1. The van der Waals surface area contributed by atoms with Crippen molar-refractivity contribution in [1.82, 2.24) is 20.4 Å². The van der Waals surface area contributed by atoms with Crippen LogP contribution in [0.25, 0.3) is 11.4 Å². The van der Waals surface area contributed by atoms with Crippen molar-refractivity contribution >= 4 is 5.91 Å². The number of carbonyl (C=O) groups excluding carboxylic acids is 1. The number of methoxy groups -OCH3 is 1. The van der Waals surface area contributed by atoms with Crippen LogP contribution in [0.4, 0.5) is 0 Å². The zero-order valence-corrected chi connectivity index (χ0v) is 18.6. The van der Waals surface area contributed by atoms with Crippen molar-refractivity contribution in [3.63, 3.8) is 0 Å². The van der Waals surface area contributed by atoms with Crippen molar-refractivity contribution < 1.29 is 14.1 Å². The first-order valence-electron chi connectivity index (χ1n) is 10.5. The number of likely N-dealkylation sites (N-methyl/N-ethyl adjacent to an activating group) is 1. The number of carbonyl (C=O) groups is 1. The molecule has 7 heteroatoms. The van der Waals surface area contributed by atoms with Gasteiger partial charge in [0, 0.05) is 24.9 Å². The molecule has 1 atom stereocenters. The molecule has 1 unspecified atom stereocenters. The largest absolute Gasteiger partial charge is 0.497 e. The Morgan fingerprint density at radius 1 is 1.13 bits per heavy atom. The molecule has 31 heavy (non-hydrogen) atoms. The van der Waals surface area contributed by atoms with Crippen molar-refractivity contribution in [3.8, 4) is 17.1 Å². The van der Waals surface area contributed by atoms with E-state index in [1.54, 1.807) is 7.11 Å². The minimum atomic E-state index is -0.0405. The van der Waals surface area contributed by atoms with Crippen LogP contribution in [0.15, 0.2) is 53.1 Å². The highest BCUT2D eigenvalue weighted by Gasteiger charge is 2.16. The lowest BCUT2D eigenvalue weighted by atomic mass is 10.0. The van der Waals surface area contributed by atoms with Gasteiger partial charge >= 0.3 is 0 Å². The van der Waals surface area contributed by atoms with Crippen LogP contribution in [0.5, 0.6) is 5.75 Å². The standard InChI is InChI=1S/C24H30N4O3/c1-5-17-6-8-18(9-7-17)21(28(2)3)16-25-22(29)14-15-23-26-24(27-31-23)19-10-12-20(30-4)13-11-19/h6-13,21H,5,14-16H2,1-4H3,(H,25,29). The van der Waals surface area contributed by atoms with Crippen LogP contribution in [0.2, 0.25) is 0 Å². The third kappa shape index (κ3) is 6.15. The molecular weight excluding hydrogens is 392 g/mol. The molecule has 0 saturated heterocycles. The van der Waals surface area contributed by atoms with Crippen LogP contribution in [0, 0.1) is 0 Å². The number of amides is 1. The summed E-state index contributed by atoms with van der Waals surface area (Å²) in [5.74, 6) is 1.67. The number of benzene rings is 2. The molecule has 3 rings (SSSR count). The number of nitrogens with one attached hydrogen (secondary N) is 1. The van der Waals surface area contributed by atoms with Gasteiger partial charge < -0.3 is 19.5 Å². The van der Waals surface area contributed by atoms with E-state index in [0.717, 1.165) is 17.7 Å². The number of nitrogens with zero attached hydrogens (tertiary/aromatic N) is 3. The third-order valence-electron chi connectivity index (χ3n) is 5.27. The minimum Gasteiger partial charge on any atom is -0.497 e. The summed E-state index contributed by atoms with van der Waals surface area (Å²) < 4.78 is 10.5. The van der Waals surface area contributed by atoms with E-state index >= 15 is 0 Å². The molecule has 0 bridgehead atoms. The normalized spacial score (nSPS) is 12.0. The van der Waals surface area contributed by atoms with Gasteiger partial charge in [0.1, 0.15) is 5.75 Å². The fraction of sp³-hybridized carbons (Fsp3) is 0.375. The molecule has 0 fully saturated rings. The molecular formula is C24H30N4O3. The highest BCUT2D eigenvalue weighted by molar-refractivity contribution is 5.76. The Bertz CT molecular complexity index is 965. The molecule has 0 spiro atoms. The summed E-state index contributed by atoms with van der Waals surface area (Å²) in [5, 5.41) is 7.03. The number of aryl methyl sites for hydroxylation is 2. The Hall–Kier alpha value is -3.19. The fourth-order valence-corrected chi connectivity index (χ4v) is 3.31. The molecule has 1 N–H and O–H groups in total. The summed E-state index contributed by atoms with van der Waals surface area (Å²) in [7, 11) is 5.66. The summed E-state index contributed by atoms with van der Waals surface area (Å²) in [6.07, 6.45) is 1.70. The van der Waals surface area contributed by atoms with Crippen molar-refractivity contribution in [2.45, 2.75) is 32.2 Å². The quantitative estimate of drug-likeness (QED) is 0.537. The van der Waals surface area contributed by atoms with Crippen molar-refractivity contribution in [2.75, 3.05) is 27.7 Å². The molecule has 0 aliphatic rings. The van der Waals surface area contributed by atoms with Gasteiger partial charge in [0.25, 0.3) is 0 Å². The molecule has 1 amide bonds. The minimum absolute atomic E-state index is 0.0405.